The van der Waals surface area contributed by atoms with Gasteiger partial charge in [-0.2, -0.15) is 4.98 Å². The number of ether oxygens (including phenoxy) is 1. The van der Waals surface area contributed by atoms with Crippen LogP contribution in [0.3, 0.4) is 0 Å². The van der Waals surface area contributed by atoms with Crippen LogP contribution in [0.2, 0.25) is 5.02 Å². The average molecular weight is 410 g/mol. The van der Waals surface area contributed by atoms with Crippen LogP contribution in [0.1, 0.15) is 21.5 Å². The van der Waals surface area contributed by atoms with Crippen molar-refractivity contribution in [3.05, 3.63) is 70.2 Å². The van der Waals surface area contributed by atoms with Crippen molar-refractivity contribution in [3.63, 3.8) is 0 Å². The van der Waals surface area contributed by atoms with Crippen LogP contribution in [0.4, 0.5) is 0 Å². The minimum absolute atomic E-state index is 0.0385. The van der Waals surface area contributed by atoms with E-state index < -0.39 is 5.97 Å². The molecule has 0 amide bonds. The van der Waals surface area contributed by atoms with Gasteiger partial charge in [0, 0.05) is 5.56 Å². The van der Waals surface area contributed by atoms with Gasteiger partial charge in [-0.25, -0.2) is 9.78 Å². The van der Waals surface area contributed by atoms with Gasteiger partial charge >= 0.3 is 12.0 Å². The van der Waals surface area contributed by atoms with E-state index in [0.717, 1.165) is 11.1 Å². The second kappa shape index (κ2) is 7.54. The Balaban J connectivity index is 1.68. The highest BCUT2D eigenvalue weighted by Gasteiger charge is 2.14. The summed E-state index contributed by atoms with van der Waals surface area (Å²) in [5, 5.41) is 18.9. The predicted molar refractivity (Wildman–Crippen MR) is 108 cm³/mol. The Morgan fingerprint density at radius 3 is 2.59 bits per heavy atom. The van der Waals surface area contributed by atoms with Gasteiger partial charge in [-0.3, -0.25) is 0 Å². The number of carboxylic acid groups (broad SMARTS) is 1. The largest absolute Gasteiger partial charge is 0.478 e. The van der Waals surface area contributed by atoms with Gasteiger partial charge < -0.3 is 19.9 Å². The number of nitrogens with one attached hydrogen (secondary N) is 1. The number of aromatic nitrogens is 3. The predicted octanol–water partition coefficient (Wildman–Crippen LogP) is 4.57. The number of imidazole rings is 1. The molecule has 2 heterocycles. The van der Waals surface area contributed by atoms with Gasteiger partial charge in [-0.1, -0.05) is 41.9 Å². The quantitative estimate of drug-likeness (QED) is 0.445. The molecule has 29 heavy (non-hydrogen) atoms. The van der Waals surface area contributed by atoms with Gasteiger partial charge in [-0.05, 0) is 36.2 Å². The molecule has 8 heteroatoms. The lowest BCUT2D eigenvalue weighted by atomic mass is 10.1. The number of rotatable bonds is 5. The lowest BCUT2D eigenvalue weighted by Crippen LogP contribution is -2.00. The first-order valence-electron chi connectivity index (χ1n) is 8.73. The number of benzene rings is 2. The summed E-state index contributed by atoms with van der Waals surface area (Å²) in [5.74, 6) is -0.680. The molecule has 2 aromatic heterocycles. The second-order valence-electron chi connectivity index (χ2n) is 6.47. The summed E-state index contributed by atoms with van der Waals surface area (Å²) in [6.07, 6.45) is 0. The number of pyridine rings is 1. The van der Waals surface area contributed by atoms with Crippen LogP contribution in [-0.4, -0.2) is 31.1 Å². The molecular formula is C21H16ClN3O4. The van der Waals surface area contributed by atoms with Crippen molar-refractivity contribution in [2.45, 2.75) is 13.5 Å². The lowest BCUT2D eigenvalue weighted by Gasteiger charge is -2.05. The smallest absolute Gasteiger partial charge is 0.336 e. The summed E-state index contributed by atoms with van der Waals surface area (Å²) >= 11 is 6.39. The number of nitrogens with zero attached hydrogens (tertiary/aromatic N) is 2. The maximum absolute atomic E-state index is 11.3. The fourth-order valence-corrected chi connectivity index (χ4v) is 3.18. The molecule has 146 valence electrons. The third kappa shape index (κ3) is 3.78. The number of aliphatic hydroxyl groups is 1. The van der Waals surface area contributed by atoms with Gasteiger partial charge in [0.1, 0.15) is 5.75 Å². The van der Waals surface area contributed by atoms with Crippen LogP contribution in [0.15, 0.2) is 48.5 Å². The molecule has 3 N–H and O–H groups in total. The van der Waals surface area contributed by atoms with E-state index in [2.05, 4.69) is 15.0 Å². The fraction of sp³-hybridized carbons (Fsp3) is 0.0952. The number of hydrogen-bond donors (Lipinski definition) is 3. The van der Waals surface area contributed by atoms with Crippen LogP contribution in [-0.2, 0) is 6.61 Å². The number of fused-ring (bicyclic) bond motifs is 1. The molecule has 0 radical (unpaired) electrons. The standard InChI is InChI=1S/C21H16ClN3O4/c1-11-2-7-14(8-15(11)20(27)28)29-21-23-17-9-16(22)18(24-19(17)25-21)13-5-3-12(10-26)4-6-13/h2-9,26H,10H2,1H3,(H,27,28)(H,23,24,25). The van der Waals surface area contributed by atoms with E-state index in [1.165, 1.54) is 6.07 Å². The number of aromatic amines is 1. The monoisotopic (exact) mass is 409 g/mol. The van der Waals surface area contributed by atoms with E-state index in [0.29, 0.717) is 33.2 Å². The zero-order chi connectivity index (χ0) is 20.5. The first-order chi connectivity index (χ1) is 13.9. The third-order valence-corrected chi connectivity index (χ3v) is 4.76. The minimum atomic E-state index is -1.03. The number of hydrogen-bond acceptors (Lipinski definition) is 5. The first-order valence-corrected chi connectivity index (χ1v) is 9.10. The lowest BCUT2D eigenvalue weighted by molar-refractivity contribution is 0.0695. The number of aliphatic hydroxyl groups excluding tert-OH is 1. The Hall–Kier alpha value is -3.42. The summed E-state index contributed by atoms with van der Waals surface area (Å²) in [6, 6.07) is 13.9. The van der Waals surface area contributed by atoms with Crippen molar-refractivity contribution in [3.8, 4) is 23.0 Å². The van der Waals surface area contributed by atoms with Gasteiger partial charge in [0.2, 0.25) is 0 Å². The summed E-state index contributed by atoms with van der Waals surface area (Å²) < 4.78 is 5.68. The summed E-state index contributed by atoms with van der Waals surface area (Å²) in [4.78, 5) is 23.1. The van der Waals surface area contributed by atoms with Crippen LogP contribution < -0.4 is 4.74 Å². The van der Waals surface area contributed by atoms with Crippen molar-refractivity contribution in [2.75, 3.05) is 0 Å². The highest BCUT2D eigenvalue weighted by molar-refractivity contribution is 6.33. The first kappa shape index (κ1) is 18.9. The summed E-state index contributed by atoms with van der Waals surface area (Å²) in [6.45, 7) is 1.68. The van der Waals surface area contributed by atoms with Crippen molar-refractivity contribution in [2.24, 2.45) is 0 Å². The topological polar surface area (TPSA) is 108 Å². The van der Waals surface area contributed by atoms with Crippen molar-refractivity contribution in [1.29, 1.82) is 0 Å². The minimum Gasteiger partial charge on any atom is -0.478 e. The molecule has 0 saturated carbocycles. The molecule has 0 atom stereocenters. The van der Waals surface area contributed by atoms with E-state index in [4.69, 9.17) is 16.3 Å². The Morgan fingerprint density at radius 2 is 1.90 bits per heavy atom. The molecule has 4 rings (SSSR count). The van der Waals surface area contributed by atoms with Crippen molar-refractivity contribution >= 4 is 28.7 Å². The van der Waals surface area contributed by atoms with Crippen molar-refractivity contribution in [1.82, 2.24) is 15.0 Å². The summed E-state index contributed by atoms with van der Waals surface area (Å²) in [5.41, 5.74) is 3.95. The Kier molecular flexibility index (Phi) is 4.92. The molecule has 0 unspecified atom stereocenters. The average Bonchev–Trinajstić information content (AvgIpc) is 3.09. The molecule has 0 saturated heterocycles. The van der Waals surface area contributed by atoms with E-state index in [1.807, 2.05) is 12.1 Å². The normalized spacial score (nSPS) is 11.0. The van der Waals surface area contributed by atoms with Gasteiger partial charge in [0.15, 0.2) is 5.65 Å². The molecular weight excluding hydrogens is 394 g/mol. The molecule has 7 nitrogen and oxygen atoms in total. The number of aryl methyl sites for hydroxylation is 1. The molecule has 4 aromatic rings. The molecule has 0 fully saturated rings. The number of aromatic carboxylic acids is 1. The number of H-pyrrole nitrogens is 1. The van der Waals surface area contributed by atoms with E-state index in [9.17, 15) is 15.0 Å². The maximum Gasteiger partial charge on any atom is 0.336 e. The molecule has 2 aromatic carbocycles. The Morgan fingerprint density at radius 1 is 1.14 bits per heavy atom. The molecule has 0 aliphatic carbocycles. The van der Waals surface area contributed by atoms with Crippen LogP contribution in [0.25, 0.3) is 22.4 Å². The Labute approximate surface area is 170 Å². The number of halogens is 1. The third-order valence-electron chi connectivity index (χ3n) is 4.47. The van der Waals surface area contributed by atoms with E-state index in [1.54, 1.807) is 37.3 Å². The van der Waals surface area contributed by atoms with Gasteiger partial charge in [0.05, 0.1) is 28.4 Å². The molecule has 0 aliphatic heterocycles. The SMILES string of the molecule is Cc1ccc(Oc2nc3nc(-c4ccc(CO)cc4)c(Cl)cc3[nH]2)cc1C(=O)O. The van der Waals surface area contributed by atoms with E-state index in [-0.39, 0.29) is 18.2 Å². The summed E-state index contributed by atoms with van der Waals surface area (Å²) in [7, 11) is 0. The number of carboxylic acids is 1. The zero-order valence-electron chi connectivity index (χ0n) is 15.3. The van der Waals surface area contributed by atoms with Crippen molar-refractivity contribution < 1.29 is 19.7 Å². The van der Waals surface area contributed by atoms with Crippen LogP contribution in [0.5, 0.6) is 11.8 Å². The highest BCUT2D eigenvalue weighted by Crippen LogP contribution is 2.31. The Bertz CT molecular complexity index is 1220. The van der Waals surface area contributed by atoms with Crippen LogP contribution >= 0.6 is 11.6 Å². The molecule has 0 spiro atoms. The highest BCUT2D eigenvalue weighted by atomic mass is 35.5. The molecule has 0 aliphatic rings. The molecule has 0 bridgehead atoms. The fourth-order valence-electron chi connectivity index (χ4n) is 2.92. The maximum atomic E-state index is 11.3. The van der Waals surface area contributed by atoms with E-state index >= 15 is 0 Å². The van der Waals surface area contributed by atoms with Crippen LogP contribution in [0, 0.1) is 6.92 Å². The second-order valence-corrected chi connectivity index (χ2v) is 6.88. The zero-order valence-corrected chi connectivity index (χ0v) is 16.1. The van der Waals surface area contributed by atoms with Gasteiger partial charge in [-0.15, -0.1) is 0 Å². The van der Waals surface area contributed by atoms with Gasteiger partial charge in [0.25, 0.3) is 0 Å². The number of carbonyl (C=O) groups is 1.